The van der Waals surface area contributed by atoms with Gasteiger partial charge in [-0.15, -0.1) is 0 Å². The van der Waals surface area contributed by atoms with E-state index in [9.17, 15) is 14.4 Å². The third-order valence-electron chi connectivity index (χ3n) is 2.33. The number of aromatic nitrogens is 1. The van der Waals surface area contributed by atoms with E-state index < -0.39 is 17.8 Å². The number of esters is 2. The number of hydrogen-bond acceptors (Lipinski definition) is 6. The van der Waals surface area contributed by atoms with E-state index in [1.54, 1.807) is 0 Å². The molecule has 0 aliphatic carbocycles. The zero-order chi connectivity index (χ0) is 15.1. The molecule has 7 nitrogen and oxygen atoms in total. The Morgan fingerprint density at radius 2 is 1.70 bits per heavy atom. The van der Waals surface area contributed by atoms with Gasteiger partial charge in [-0.25, -0.2) is 4.98 Å². The van der Waals surface area contributed by atoms with E-state index in [1.807, 2.05) is 0 Å². The van der Waals surface area contributed by atoms with Crippen molar-refractivity contribution in [2.24, 2.45) is 0 Å². The van der Waals surface area contributed by atoms with Gasteiger partial charge in [0.25, 0.3) is 5.91 Å². The van der Waals surface area contributed by atoms with Gasteiger partial charge in [0.2, 0.25) is 0 Å². The van der Waals surface area contributed by atoms with Crippen molar-refractivity contribution in [2.75, 3.05) is 27.3 Å². The number of amides is 1. The Labute approximate surface area is 120 Å². The molecule has 1 heterocycles. The second-order valence-electron chi connectivity index (χ2n) is 3.68. The van der Waals surface area contributed by atoms with Crippen LogP contribution in [0.1, 0.15) is 10.5 Å². The quantitative estimate of drug-likeness (QED) is 0.737. The van der Waals surface area contributed by atoms with Crippen LogP contribution in [0.15, 0.2) is 18.3 Å². The van der Waals surface area contributed by atoms with Gasteiger partial charge < -0.3 is 14.4 Å². The highest BCUT2D eigenvalue weighted by atomic mass is 35.5. The normalized spacial score (nSPS) is 9.75. The molecular formula is C12H13ClN2O5. The molecule has 0 saturated carbocycles. The predicted molar refractivity (Wildman–Crippen MR) is 69.2 cm³/mol. The molecule has 1 rings (SSSR count). The molecule has 0 saturated heterocycles. The van der Waals surface area contributed by atoms with Crippen LogP contribution in [-0.2, 0) is 19.1 Å². The second-order valence-corrected chi connectivity index (χ2v) is 4.11. The van der Waals surface area contributed by atoms with Gasteiger partial charge in [0.15, 0.2) is 0 Å². The number of ether oxygens (including phenoxy) is 2. The van der Waals surface area contributed by atoms with Crippen molar-refractivity contribution in [2.45, 2.75) is 0 Å². The molecule has 108 valence electrons. The Balaban J connectivity index is 2.90. The summed E-state index contributed by atoms with van der Waals surface area (Å²) in [5.74, 6) is -1.91. The van der Waals surface area contributed by atoms with Gasteiger partial charge in [0.1, 0.15) is 18.8 Å². The van der Waals surface area contributed by atoms with E-state index >= 15 is 0 Å². The molecular weight excluding hydrogens is 288 g/mol. The summed E-state index contributed by atoms with van der Waals surface area (Å²) in [7, 11) is 2.37. The third kappa shape index (κ3) is 4.51. The van der Waals surface area contributed by atoms with Crippen molar-refractivity contribution < 1.29 is 23.9 Å². The smallest absolute Gasteiger partial charge is 0.325 e. The summed E-state index contributed by atoms with van der Waals surface area (Å²) in [6.07, 6.45) is 1.29. The van der Waals surface area contributed by atoms with Crippen molar-refractivity contribution in [3.63, 3.8) is 0 Å². The molecule has 0 fully saturated rings. The number of carbonyl (C=O) groups excluding carboxylic acids is 3. The number of nitrogens with zero attached hydrogens (tertiary/aromatic N) is 2. The minimum absolute atomic E-state index is 0.0576. The van der Waals surface area contributed by atoms with Crippen LogP contribution in [0, 0.1) is 0 Å². The molecule has 0 aromatic carbocycles. The molecule has 0 spiro atoms. The van der Waals surface area contributed by atoms with Gasteiger partial charge in [-0.3, -0.25) is 14.4 Å². The number of carbonyl (C=O) groups is 3. The molecule has 8 heteroatoms. The molecule has 0 N–H and O–H groups in total. The Morgan fingerprint density at radius 1 is 1.15 bits per heavy atom. The Kier molecular flexibility index (Phi) is 5.92. The lowest BCUT2D eigenvalue weighted by Crippen LogP contribution is -2.40. The van der Waals surface area contributed by atoms with Crippen LogP contribution in [-0.4, -0.2) is 55.0 Å². The molecule has 20 heavy (non-hydrogen) atoms. The minimum Gasteiger partial charge on any atom is -0.468 e. The first-order valence-electron chi connectivity index (χ1n) is 5.52. The SMILES string of the molecule is COC(=O)CN(CC(=O)OC)C(=O)c1ccc(Cl)cn1. The number of halogens is 1. The van der Waals surface area contributed by atoms with Crippen LogP contribution in [0.2, 0.25) is 5.02 Å². The zero-order valence-corrected chi connectivity index (χ0v) is 11.7. The Bertz CT molecular complexity index is 485. The average Bonchev–Trinajstić information content (AvgIpc) is 2.46. The number of hydrogen-bond donors (Lipinski definition) is 0. The van der Waals surface area contributed by atoms with E-state index in [0.717, 1.165) is 4.90 Å². The van der Waals surface area contributed by atoms with Gasteiger partial charge in [0, 0.05) is 6.20 Å². The molecule has 0 radical (unpaired) electrons. The lowest BCUT2D eigenvalue weighted by molar-refractivity contribution is -0.144. The van der Waals surface area contributed by atoms with E-state index in [2.05, 4.69) is 14.5 Å². The van der Waals surface area contributed by atoms with E-state index in [0.29, 0.717) is 5.02 Å². The van der Waals surface area contributed by atoms with Gasteiger partial charge >= 0.3 is 11.9 Å². The molecule has 1 amide bonds. The highest BCUT2D eigenvalue weighted by Gasteiger charge is 2.23. The first-order chi connectivity index (χ1) is 9.47. The maximum atomic E-state index is 12.2. The van der Waals surface area contributed by atoms with E-state index in [-0.39, 0.29) is 18.8 Å². The summed E-state index contributed by atoms with van der Waals surface area (Å²) in [5.41, 5.74) is 0.0576. The summed E-state index contributed by atoms with van der Waals surface area (Å²) >= 11 is 5.67. The zero-order valence-electron chi connectivity index (χ0n) is 11.0. The van der Waals surface area contributed by atoms with Crippen molar-refractivity contribution >= 4 is 29.4 Å². The minimum atomic E-state index is -0.656. The lowest BCUT2D eigenvalue weighted by atomic mass is 10.3. The van der Waals surface area contributed by atoms with Gasteiger partial charge in [0.05, 0.1) is 19.2 Å². The summed E-state index contributed by atoms with van der Waals surface area (Å²) < 4.78 is 8.95. The molecule has 1 aromatic heterocycles. The van der Waals surface area contributed by atoms with Crippen LogP contribution in [0.4, 0.5) is 0 Å². The fourth-order valence-corrected chi connectivity index (χ4v) is 1.42. The summed E-state index contributed by atoms with van der Waals surface area (Å²) in [4.78, 5) is 39.5. The number of methoxy groups -OCH3 is 2. The average molecular weight is 301 g/mol. The van der Waals surface area contributed by atoms with E-state index in [4.69, 9.17) is 11.6 Å². The third-order valence-corrected chi connectivity index (χ3v) is 2.55. The molecule has 0 aliphatic heterocycles. The van der Waals surface area contributed by atoms with Crippen LogP contribution in [0.25, 0.3) is 0 Å². The number of rotatable bonds is 5. The van der Waals surface area contributed by atoms with Crippen molar-refractivity contribution in [3.05, 3.63) is 29.0 Å². The summed E-state index contributed by atoms with van der Waals surface area (Å²) in [6.45, 7) is -0.760. The predicted octanol–water partition coefficient (Wildman–Crippen LogP) is 0.523. The molecule has 0 aliphatic rings. The van der Waals surface area contributed by atoms with Gasteiger partial charge in [-0.2, -0.15) is 0 Å². The highest BCUT2D eigenvalue weighted by molar-refractivity contribution is 6.30. The number of pyridine rings is 1. The second kappa shape index (κ2) is 7.44. The highest BCUT2D eigenvalue weighted by Crippen LogP contribution is 2.08. The molecule has 0 atom stereocenters. The fourth-order valence-electron chi connectivity index (χ4n) is 1.30. The van der Waals surface area contributed by atoms with Crippen LogP contribution < -0.4 is 0 Å². The molecule has 1 aromatic rings. The first kappa shape index (κ1) is 15.9. The summed E-state index contributed by atoms with van der Waals surface area (Å²) in [6, 6.07) is 2.88. The maximum Gasteiger partial charge on any atom is 0.325 e. The molecule has 0 unspecified atom stereocenters. The first-order valence-corrected chi connectivity index (χ1v) is 5.90. The monoisotopic (exact) mass is 300 g/mol. The largest absolute Gasteiger partial charge is 0.468 e. The van der Waals surface area contributed by atoms with Crippen LogP contribution in [0.5, 0.6) is 0 Å². The fraction of sp³-hybridized carbons (Fsp3) is 0.333. The molecule has 0 bridgehead atoms. The summed E-state index contributed by atoms with van der Waals surface area (Å²) in [5, 5.41) is 0.369. The van der Waals surface area contributed by atoms with Crippen LogP contribution >= 0.6 is 11.6 Å². The van der Waals surface area contributed by atoms with E-state index in [1.165, 1.54) is 32.5 Å². The van der Waals surface area contributed by atoms with Gasteiger partial charge in [-0.05, 0) is 12.1 Å². The van der Waals surface area contributed by atoms with Crippen molar-refractivity contribution in [3.8, 4) is 0 Å². The van der Waals surface area contributed by atoms with Crippen molar-refractivity contribution in [1.82, 2.24) is 9.88 Å². The van der Waals surface area contributed by atoms with Gasteiger partial charge in [-0.1, -0.05) is 11.6 Å². The standard InChI is InChI=1S/C12H13ClN2O5/c1-19-10(16)6-15(7-11(17)20-2)12(18)9-4-3-8(13)5-14-9/h3-5H,6-7H2,1-2H3. The Morgan fingerprint density at radius 3 is 2.10 bits per heavy atom. The lowest BCUT2D eigenvalue weighted by Gasteiger charge is -2.19. The topological polar surface area (TPSA) is 85.8 Å². The van der Waals surface area contributed by atoms with Crippen LogP contribution in [0.3, 0.4) is 0 Å². The maximum absolute atomic E-state index is 12.2. The van der Waals surface area contributed by atoms with Crippen molar-refractivity contribution in [1.29, 1.82) is 0 Å². The Hall–Kier alpha value is -2.15.